The number of fused-ring (bicyclic) bond motifs is 1. The molecule has 1 aliphatic heterocycles. The van der Waals surface area contributed by atoms with E-state index in [4.69, 9.17) is 9.47 Å². The van der Waals surface area contributed by atoms with Crippen molar-refractivity contribution in [3.8, 4) is 11.5 Å². The molecule has 3 aromatic rings. The second-order valence-corrected chi connectivity index (χ2v) is 8.57. The van der Waals surface area contributed by atoms with E-state index in [1.807, 2.05) is 54.6 Å². The molecule has 30 heavy (non-hydrogen) atoms. The summed E-state index contributed by atoms with van der Waals surface area (Å²) in [6, 6.07) is 17.1. The Morgan fingerprint density at radius 2 is 1.73 bits per heavy atom. The molecule has 0 unspecified atom stereocenters. The van der Waals surface area contributed by atoms with Crippen molar-refractivity contribution in [3.63, 3.8) is 0 Å². The number of methoxy groups -OCH3 is 2. The number of thioether (sulfide) groups is 1. The van der Waals surface area contributed by atoms with Crippen LogP contribution in [-0.2, 0) is 11.3 Å². The molecule has 1 aliphatic rings. The lowest BCUT2D eigenvalue weighted by atomic mass is 10.0. The SMILES string of the molecule is COc1ccc2ccc(OC)c(/C=C3\SC(=O)N(Cc4ccc(Br)cc4)C3=O)c2c1. The zero-order chi connectivity index (χ0) is 21.3. The third-order valence-corrected chi connectivity index (χ3v) is 6.29. The summed E-state index contributed by atoms with van der Waals surface area (Å²) in [6.45, 7) is 0.232. The first kappa shape index (κ1) is 20.5. The molecule has 2 amide bonds. The fourth-order valence-corrected chi connectivity index (χ4v) is 4.38. The van der Waals surface area contributed by atoms with Crippen molar-refractivity contribution in [2.45, 2.75) is 6.54 Å². The minimum absolute atomic E-state index is 0.232. The van der Waals surface area contributed by atoms with E-state index in [1.165, 1.54) is 4.90 Å². The summed E-state index contributed by atoms with van der Waals surface area (Å²) in [5, 5.41) is 1.58. The molecule has 0 aromatic heterocycles. The quantitative estimate of drug-likeness (QED) is 0.425. The van der Waals surface area contributed by atoms with E-state index in [-0.39, 0.29) is 17.7 Å². The molecule has 0 aliphatic carbocycles. The largest absolute Gasteiger partial charge is 0.497 e. The van der Waals surface area contributed by atoms with E-state index >= 15 is 0 Å². The van der Waals surface area contributed by atoms with Gasteiger partial charge in [-0.15, -0.1) is 0 Å². The van der Waals surface area contributed by atoms with Crippen molar-refractivity contribution < 1.29 is 19.1 Å². The molecule has 0 bridgehead atoms. The predicted molar refractivity (Wildman–Crippen MR) is 123 cm³/mol. The molecular formula is C23H18BrNO4S. The second kappa shape index (κ2) is 8.53. The number of rotatable bonds is 5. The van der Waals surface area contributed by atoms with E-state index in [0.29, 0.717) is 16.4 Å². The maximum atomic E-state index is 13.0. The molecular weight excluding hydrogens is 466 g/mol. The van der Waals surface area contributed by atoms with Gasteiger partial charge in [-0.25, -0.2) is 0 Å². The Labute approximate surface area is 186 Å². The number of carbonyl (C=O) groups excluding carboxylic acids is 2. The summed E-state index contributed by atoms with van der Waals surface area (Å²) < 4.78 is 11.8. The van der Waals surface area contributed by atoms with Gasteiger partial charge in [-0.1, -0.05) is 40.2 Å². The first-order valence-corrected chi connectivity index (χ1v) is 10.8. The zero-order valence-corrected chi connectivity index (χ0v) is 18.7. The fraction of sp³-hybridized carbons (Fsp3) is 0.130. The van der Waals surface area contributed by atoms with Gasteiger partial charge in [0.05, 0.1) is 25.7 Å². The second-order valence-electron chi connectivity index (χ2n) is 6.66. The Balaban J connectivity index is 1.72. The fourth-order valence-electron chi connectivity index (χ4n) is 3.30. The van der Waals surface area contributed by atoms with Crippen LogP contribution >= 0.6 is 27.7 Å². The minimum Gasteiger partial charge on any atom is -0.497 e. The van der Waals surface area contributed by atoms with Crippen molar-refractivity contribution in [2.75, 3.05) is 14.2 Å². The summed E-state index contributed by atoms with van der Waals surface area (Å²) in [5.74, 6) is 1.01. The monoisotopic (exact) mass is 483 g/mol. The maximum absolute atomic E-state index is 13.0. The first-order chi connectivity index (χ1) is 14.5. The Bertz CT molecular complexity index is 1170. The van der Waals surface area contributed by atoms with Crippen molar-refractivity contribution in [3.05, 3.63) is 75.1 Å². The van der Waals surface area contributed by atoms with E-state index in [2.05, 4.69) is 15.9 Å². The Hall–Kier alpha value is -2.77. The van der Waals surface area contributed by atoms with Crippen LogP contribution < -0.4 is 9.47 Å². The molecule has 1 fully saturated rings. The third-order valence-electron chi connectivity index (χ3n) is 4.85. The van der Waals surface area contributed by atoms with Crippen LogP contribution in [0.3, 0.4) is 0 Å². The number of hydrogen-bond acceptors (Lipinski definition) is 5. The topological polar surface area (TPSA) is 55.8 Å². The Morgan fingerprint density at radius 3 is 2.43 bits per heavy atom. The maximum Gasteiger partial charge on any atom is 0.293 e. The van der Waals surface area contributed by atoms with Gasteiger partial charge >= 0.3 is 0 Å². The van der Waals surface area contributed by atoms with Gasteiger partial charge in [-0.05, 0) is 64.5 Å². The highest BCUT2D eigenvalue weighted by atomic mass is 79.9. The highest BCUT2D eigenvalue weighted by Crippen LogP contribution is 2.38. The lowest BCUT2D eigenvalue weighted by Gasteiger charge is -2.13. The number of halogens is 1. The van der Waals surface area contributed by atoms with Crippen LogP contribution in [-0.4, -0.2) is 30.3 Å². The summed E-state index contributed by atoms with van der Waals surface area (Å²) in [6.07, 6.45) is 1.73. The molecule has 4 rings (SSSR count). The minimum atomic E-state index is -0.310. The van der Waals surface area contributed by atoms with Gasteiger partial charge in [-0.2, -0.15) is 0 Å². The summed E-state index contributed by atoms with van der Waals surface area (Å²) in [5.41, 5.74) is 1.62. The van der Waals surface area contributed by atoms with Gasteiger partial charge in [0, 0.05) is 10.0 Å². The molecule has 7 heteroatoms. The van der Waals surface area contributed by atoms with Crippen LogP contribution in [0.4, 0.5) is 4.79 Å². The van der Waals surface area contributed by atoms with Gasteiger partial charge in [-0.3, -0.25) is 14.5 Å². The van der Waals surface area contributed by atoms with Crippen LogP contribution in [0.15, 0.2) is 64.0 Å². The lowest BCUT2D eigenvalue weighted by molar-refractivity contribution is -0.123. The van der Waals surface area contributed by atoms with Crippen molar-refractivity contribution in [1.82, 2.24) is 4.90 Å². The van der Waals surface area contributed by atoms with E-state index < -0.39 is 0 Å². The number of benzene rings is 3. The molecule has 1 heterocycles. The molecule has 0 saturated carbocycles. The molecule has 3 aromatic carbocycles. The summed E-state index contributed by atoms with van der Waals surface area (Å²) >= 11 is 4.33. The molecule has 0 atom stereocenters. The number of amides is 2. The average Bonchev–Trinajstić information content (AvgIpc) is 3.02. The lowest BCUT2D eigenvalue weighted by Crippen LogP contribution is -2.27. The van der Waals surface area contributed by atoms with Crippen molar-refractivity contribution in [1.29, 1.82) is 0 Å². The van der Waals surface area contributed by atoms with E-state index in [9.17, 15) is 9.59 Å². The number of hydrogen-bond donors (Lipinski definition) is 0. The van der Waals surface area contributed by atoms with Gasteiger partial charge in [0.15, 0.2) is 0 Å². The van der Waals surface area contributed by atoms with Crippen LogP contribution in [0.25, 0.3) is 16.8 Å². The van der Waals surface area contributed by atoms with Crippen molar-refractivity contribution >= 4 is 55.7 Å². The average molecular weight is 484 g/mol. The number of nitrogens with zero attached hydrogens (tertiary/aromatic N) is 1. The number of ether oxygens (including phenoxy) is 2. The normalized spacial score (nSPS) is 15.3. The van der Waals surface area contributed by atoms with Crippen LogP contribution in [0.2, 0.25) is 0 Å². The van der Waals surface area contributed by atoms with E-state index in [0.717, 1.165) is 38.1 Å². The third kappa shape index (κ3) is 3.95. The number of imide groups is 1. The molecule has 0 spiro atoms. The van der Waals surface area contributed by atoms with Crippen LogP contribution in [0.5, 0.6) is 11.5 Å². The van der Waals surface area contributed by atoms with Crippen LogP contribution in [0.1, 0.15) is 11.1 Å². The standard InChI is InChI=1S/C23H18BrNO4S/c1-28-17-9-5-15-6-10-20(29-2)19(18(15)11-17)12-21-22(26)25(23(27)30-21)13-14-3-7-16(24)8-4-14/h3-12H,13H2,1-2H3/b21-12-. The van der Waals surface area contributed by atoms with E-state index in [1.54, 1.807) is 20.3 Å². The van der Waals surface area contributed by atoms with Crippen LogP contribution in [0, 0.1) is 0 Å². The molecule has 0 radical (unpaired) electrons. The van der Waals surface area contributed by atoms with Gasteiger partial charge in [0.1, 0.15) is 11.5 Å². The molecule has 1 saturated heterocycles. The van der Waals surface area contributed by atoms with Gasteiger partial charge in [0.2, 0.25) is 0 Å². The highest BCUT2D eigenvalue weighted by molar-refractivity contribution is 9.10. The highest BCUT2D eigenvalue weighted by Gasteiger charge is 2.35. The smallest absolute Gasteiger partial charge is 0.293 e. The number of carbonyl (C=O) groups is 2. The Kier molecular flexibility index (Phi) is 5.83. The molecule has 5 nitrogen and oxygen atoms in total. The molecule has 0 N–H and O–H groups in total. The summed E-state index contributed by atoms with van der Waals surface area (Å²) in [7, 11) is 3.19. The predicted octanol–water partition coefficient (Wildman–Crippen LogP) is 5.86. The van der Waals surface area contributed by atoms with Gasteiger partial charge in [0.25, 0.3) is 11.1 Å². The Morgan fingerprint density at radius 1 is 1.00 bits per heavy atom. The van der Waals surface area contributed by atoms with Gasteiger partial charge < -0.3 is 9.47 Å². The summed E-state index contributed by atoms with van der Waals surface area (Å²) in [4.78, 5) is 27.2. The molecule has 152 valence electrons. The van der Waals surface area contributed by atoms with Crippen molar-refractivity contribution in [2.24, 2.45) is 0 Å². The zero-order valence-electron chi connectivity index (χ0n) is 16.3. The first-order valence-electron chi connectivity index (χ1n) is 9.14.